The quantitative estimate of drug-likeness (QED) is 0.508. The van der Waals surface area contributed by atoms with Crippen LogP contribution in [0.1, 0.15) is 23.1 Å². The molecular weight excluding hydrogens is 332 g/mol. The number of rotatable bonds is 2. The fourth-order valence-corrected chi connectivity index (χ4v) is 5.79. The Morgan fingerprint density at radius 1 is 1.20 bits per heavy atom. The van der Waals surface area contributed by atoms with Crippen molar-refractivity contribution in [1.29, 1.82) is 0 Å². The van der Waals surface area contributed by atoms with Gasteiger partial charge in [0.05, 0.1) is 5.54 Å². The molecule has 2 aromatic carbocycles. The zero-order chi connectivity index (χ0) is 17.2. The summed E-state index contributed by atoms with van der Waals surface area (Å²) in [6.45, 7) is 4.70. The summed E-state index contributed by atoms with van der Waals surface area (Å²) < 4.78 is 0. The third-order valence-electron chi connectivity index (χ3n) is 6.14. The van der Waals surface area contributed by atoms with E-state index in [0.717, 1.165) is 17.7 Å². The molecule has 5 rings (SSSR count). The Morgan fingerprint density at radius 3 is 2.72 bits per heavy atom. The Kier molecular flexibility index (Phi) is 2.94. The van der Waals surface area contributed by atoms with Crippen LogP contribution in [0.5, 0.6) is 0 Å². The van der Waals surface area contributed by atoms with Gasteiger partial charge in [0.15, 0.2) is 0 Å². The third kappa shape index (κ3) is 1.52. The van der Waals surface area contributed by atoms with E-state index in [2.05, 4.69) is 48.3 Å². The number of hydrogen-bond donors (Lipinski definition) is 1. The molecule has 1 spiro atoms. The summed E-state index contributed by atoms with van der Waals surface area (Å²) in [6, 6.07) is 16.7. The van der Waals surface area contributed by atoms with Crippen LogP contribution in [0.4, 0.5) is 5.69 Å². The molecule has 3 aliphatic rings. The summed E-state index contributed by atoms with van der Waals surface area (Å²) in [4.78, 5) is 14.7. The second kappa shape index (κ2) is 4.89. The van der Waals surface area contributed by atoms with Gasteiger partial charge in [-0.2, -0.15) is 0 Å². The minimum absolute atomic E-state index is 0.0291. The van der Waals surface area contributed by atoms with Crippen molar-refractivity contribution in [3.63, 3.8) is 0 Å². The van der Waals surface area contributed by atoms with E-state index in [0.29, 0.717) is 13.0 Å². The summed E-state index contributed by atoms with van der Waals surface area (Å²) in [5.41, 5.74) is 3.63. The number of amides is 1. The maximum Gasteiger partial charge on any atom is 0.244 e. The summed E-state index contributed by atoms with van der Waals surface area (Å²) in [5, 5.41) is 3.20. The number of benzene rings is 2. The smallest absolute Gasteiger partial charge is 0.244 e. The number of hydrogen-bond acceptors (Lipinski definition) is 2. The van der Waals surface area contributed by atoms with Crippen LogP contribution in [0.3, 0.4) is 0 Å². The molecule has 4 heteroatoms. The van der Waals surface area contributed by atoms with Gasteiger partial charge in [0, 0.05) is 17.8 Å². The molecule has 3 heterocycles. The first kappa shape index (κ1) is 15.0. The van der Waals surface area contributed by atoms with Crippen LogP contribution in [0.25, 0.3) is 0 Å². The molecule has 3 atom stereocenters. The number of carbonyl (C=O) groups excluding carboxylic acids is 1. The molecule has 3 aliphatic heterocycles. The number of fused-ring (bicyclic) bond motifs is 3. The van der Waals surface area contributed by atoms with Crippen LogP contribution in [0.2, 0.25) is 0 Å². The summed E-state index contributed by atoms with van der Waals surface area (Å²) in [6.07, 6.45) is 3.48. The Hall–Kier alpha value is -2.26. The number of carbonyl (C=O) groups is 1. The number of alkyl halides is 1. The Balaban J connectivity index is 1.89. The molecule has 1 fully saturated rings. The maximum atomic E-state index is 12.7. The van der Waals surface area contributed by atoms with Crippen molar-refractivity contribution in [2.75, 3.05) is 11.9 Å². The highest BCUT2D eigenvalue weighted by molar-refractivity contribution is 6.35. The molecule has 0 radical (unpaired) electrons. The van der Waals surface area contributed by atoms with Crippen LogP contribution < -0.4 is 5.32 Å². The molecule has 2 aromatic rings. The molecule has 1 saturated heterocycles. The van der Waals surface area contributed by atoms with Crippen molar-refractivity contribution in [2.24, 2.45) is 0 Å². The lowest BCUT2D eigenvalue weighted by Gasteiger charge is -2.60. The zero-order valence-corrected chi connectivity index (χ0v) is 14.6. The molecule has 3 nitrogen and oxygen atoms in total. The lowest BCUT2D eigenvalue weighted by molar-refractivity contribution is -0.162. The van der Waals surface area contributed by atoms with Gasteiger partial charge in [-0.25, -0.2) is 0 Å². The van der Waals surface area contributed by atoms with Gasteiger partial charge >= 0.3 is 0 Å². The fraction of sp³-hybridized carbons (Fsp3) is 0.286. The highest BCUT2D eigenvalue weighted by Crippen LogP contribution is 2.65. The van der Waals surface area contributed by atoms with Crippen LogP contribution in [-0.2, 0) is 22.3 Å². The Bertz CT molecular complexity index is 910. The van der Waals surface area contributed by atoms with E-state index >= 15 is 0 Å². The lowest BCUT2D eigenvalue weighted by atomic mass is 9.62. The summed E-state index contributed by atoms with van der Waals surface area (Å²) in [5.74, 6) is 0.0291. The van der Waals surface area contributed by atoms with Gasteiger partial charge < -0.3 is 10.2 Å². The predicted octanol–water partition coefficient (Wildman–Crippen LogP) is 3.78. The zero-order valence-electron chi connectivity index (χ0n) is 13.8. The van der Waals surface area contributed by atoms with E-state index in [9.17, 15) is 4.79 Å². The van der Waals surface area contributed by atoms with Gasteiger partial charge in [0.1, 0.15) is 10.9 Å². The van der Waals surface area contributed by atoms with Gasteiger partial charge in [-0.1, -0.05) is 48.5 Å². The first-order chi connectivity index (χ1) is 12.2. The average Bonchev–Trinajstić information content (AvgIpc) is 2.89. The monoisotopic (exact) mass is 350 g/mol. The van der Waals surface area contributed by atoms with Crippen molar-refractivity contribution in [2.45, 2.75) is 29.3 Å². The molecule has 126 valence electrons. The van der Waals surface area contributed by atoms with E-state index in [1.54, 1.807) is 0 Å². The summed E-state index contributed by atoms with van der Waals surface area (Å²) in [7, 11) is 0. The minimum Gasteiger partial charge on any atom is -0.372 e. The predicted molar refractivity (Wildman–Crippen MR) is 99.7 cm³/mol. The van der Waals surface area contributed by atoms with Crippen molar-refractivity contribution in [1.82, 2.24) is 4.90 Å². The Morgan fingerprint density at radius 2 is 1.92 bits per heavy atom. The maximum absolute atomic E-state index is 12.7. The Labute approximate surface area is 152 Å². The van der Waals surface area contributed by atoms with Gasteiger partial charge in [-0.05, 0) is 30.0 Å². The first-order valence-corrected chi connectivity index (χ1v) is 9.13. The van der Waals surface area contributed by atoms with E-state index < -0.39 is 16.5 Å². The van der Waals surface area contributed by atoms with Crippen LogP contribution in [0, 0.1) is 0 Å². The van der Waals surface area contributed by atoms with Gasteiger partial charge in [-0.3, -0.25) is 4.79 Å². The second-order valence-corrected chi connectivity index (χ2v) is 7.53. The normalized spacial score (nSPS) is 31.6. The van der Waals surface area contributed by atoms with Crippen LogP contribution >= 0.6 is 11.6 Å². The molecular formula is C21H19ClN2O. The molecule has 1 N–H and O–H groups in total. The molecule has 0 aromatic heterocycles. The SMILES string of the molecule is C=CC[C@@]12Nc3ccccc3[C@@]13C(Cl)C(=O)N3CCc1ccccc12. The van der Waals surface area contributed by atoms with Gasteiger partial charge in [-0.15, -0.1) is 18.2 Å². The molecule has 1 amide bonds. The number of halogens is 1. The number of β-lactam (4-membered cyclic amide) rings is 1. The number of nitrogens with zero attached hydrogens (tertiary/aromatic N) is 1. The topological polar surface area (TPSA) is 32.3 Å². The second-order valence-electron chi connectivity index (χ2n) is 7.09. The molecule has 0 bridgehead atoms. The molecule has 0 aliphatic carbocycles. The van der Waals surface area contributed by atoms with E-state index in [1.807, 2.05) is 23.1 Å². The van der Waals surface area contributed by atoms with Crippen molar-refractivity contribution in [3.05, 3.63) is 77.9 Å². The first-order valence-electron chi connectivity index (χ1n) is 8.69. The van der Waals surface area contributed by atoms with E-state index in [-0.39, 0.29) is 5.91 Å². The minimum atomic E-state index is -0.574. The van der Waals surface area contributed by atoms with Gasteiger partial charge in [0.25, 0.3) is 0 Å². The standard InChI is InChI=1S/C21H19ClN2O/c1-2-12-20-15-8-4-3-7-14(15)11-13-24-19(25)18(22)21(20,24)16-9-5-6-10-17(16)23-20/h2-10,18,23H,1,11-13H2/t18?,20-,21+/m0/s1. The van der Waals surface area contributed by atoms with Crippen molar-refractivity contribution < 1.29 is 4.79 Å². The number of nitrogens with one attached hydrogen (secondary N) is 1. The molecule has 0 saturated carbocycles. The fourth-order valence-electron chi connectivity index (χ4n) is 5.25. The third-order valence-corrected chi connectivity index (χ3v) is 6.65. The van der Waals surface area contributed by atoms with Crippen LogP contribution in [0.15, 0.2) is 61.2 Å². The largest absolute Gasteiger partial charge is 0.372 e. The lowest BCUT2D eigenvalue weighted by Crippen LogP contribution is -2.76. The number of anilines is 1. The average molecular weight is 351 g/mol. The van der Waals surface area contributed by atoms with Gasteiger partial charge in [0.2, 0.25) is 5.91 Å². The van der Waals surface area contributed by atoms with Crippen molar-refractivity contribution in [3.8, 4) is 0 Å². The highest BCUT2D eigenvalue weighted by atomic mass is 35.5. The van der Waals surface area contributed by atoms with E-state index in [1.165, 1.54) is 11.1 Å². The summed E-state index contributed by atoms with van der Waals surface area (Å²) >= 11 is 6.79. The number of para-hydroxylation sites is 1. The van der Waals surface area contributed by atoms with Crippen molar-refractivity contribution >= 4 is 23.2 Å². The molecule has 25 heavy (non-hydrogen) atoms. The molecule has 1 unspecified atom stereocenters. The van der Waals surface area contributed by atoms with E-state index in [4.69, 9.17) is 11.6 Å². The highest BCUT2D eigenvalue weighted by Gasteiger charge is 2.74. The van der Waals surface area contributed by atoms with Crippen LogP contribution in [-0.4, -0.2) is 22.7 Å².